The first-order valence-electron chi connectivity index (χ1n) is 9.75. The van der Waals surface area contributed by atoms with Crippen molar-refractivity contribution in [1.82, 2.24) is 9.88 Å². The van der Waals surface area contributed by atoms with Gasteiger partial charge in [-0.05, 0) is 64.4 Å². The number of aryl methyl sites for hydroxylation is 2. The lowest BCUT2D eigenvalue weighted by Gasteiger charge is -2.36. The van der Waals surface area contributed by atoms with Crippen molar-refractivity contribution in [3.8, 4) is 0 Å². The first-order valence-corrected chi connectivity index (χ1v) is 9.75. The SMILES string of the molecule is Cc1ccc(Nc2cc(C)cc(N3CCN(C(=O)OC(C)(C)C)CC3)n2)cc1. The van der Waals surface area contributed by atoms with Crippen molar-refractivity contribution in [3.63, 3.8) is 0 Å². The first kappa shape index (κ1) is 20.0. The number of nitrogens with one attached hydrogen (secondary N) is 1. The number of carbonyl (C=O) groups excluding carboxylic acids is 1. The maximum atomic E-state index is 12.3. The molecular formula is C22H30N4O2. The van der Waals surface area contributed by atoms with Gasteiger partial charge in [0.2, 0.25) is 0 Å². The zero-order valence-corrected chi connectivity index (χ0v) is 17.5. The lowest BCUT2D eigenvalue weighted by Crippen LogP contribution is -2.50. The number of carbonyl (C=O) groups is 1. The van der Waals surface area contributed by atoms with Crippen LogP contribution < -0.4 is 10.2 Å². The van der Waals surface area contributed by atoms with Crippen molar-refractivity contribution in [2.45, 2.75) is 40.2 Å². The third-order valence-corrected chi connectivity index (χ3v) is 4.54. The van der Waals surface area contributed by atoms with Gasteiger partial charge in [0.25, 0.3) is 0 Å². The fourth-order valence-corrected chi connectivity index (χ4v) is 3.10. The lowest BCUT2D eigenvalue weighted by molar-refractivity contribution is 0.0240. The number of ether oxygens (including phenoxy) is 1. The molecule has 0 atom stereocenters. The Morgan fingerprint density at radius 1 is 1.00 bits per heavy atom. The summed E-state index contributed by atoms with van der Waals surface area (Å²) in [5.41, 5.74) is 2.92. The van der Waals surface area contributed by atoms with Crippen LogP contribution in [0.4, 0.5) is 22.1 Å². The summed E-state index contributed by atoms with van der Waals surface area (Å²) in [5, 5.41) is 3.38. The Hall–Kier alpha value is -2.76. The third kappa shape index (κ3) is 5.38. The molecule has 0 aliphatic carbocycles. The van der Waals surface area contributed by atoms with Crippen LogP contribution in [0, 0.1) is 13.8 Å². The molecule has 0 unspecified atom stereocenters. The van der Waals surface area contributed by atoms with E-state index in [-0.39, 0.29) is 6.09 Å². The highest BCUT2D eigenvalue weighted by molar-refractivity contribution is 5.68. The minimum Gasteiger partial charge on any atom is -0.444 e. The number of amides is 1. The summed E-state index contributed by atoms with van der Waals surface area (Å²) in [6, 6.07) is 12.4. The van der Waals surface area contributed by atoms with E-state index in [2.05, 4.69) is 54.4 Å². The molecule has 1 saturated heterocycles. The molecule has 0 bridgehead atoms. The Kier molecular flexibility index (Phi) is 5.77. The van der Waals surface area contributed by atoms with E-state index in [4.69, 9.17) is 9.72 Å². The zero-order valence-electron chi connectivity index (χ0n) is 17.5. The summed E-state index contributed by atoms with van der Waals surface area (Å²) in [5.74, 6) is 1.76. The third-order valence-electron chi connectivity index (χ3n) is 4.54. The molecule has 2 aromatic rings. The minimum atomic E-state index is -0.469. The van der Waals surface area contributed by atoms with Crippen molar-refractivity contribution in [1.29, 1.82) is 0 Å². The van der Waals surface area contributed by atoms with Crippen LogP contribution in [0.3, 0.4) is 0 Å². The van der Waals surface area contributed by atoms with Gasteiger partial charge in [0.1, 0.15) is 17.2 Å². The summed E-state index contributed by atoms with van der Waals surface area (Å²) in [4.78, 5) is 21.0. The second-order valence-corrected chi connectivity index (χ2v) is 8.33. The highest BCUT2D eigenvalue weighted by atomic mass is 16.6. The van der Waals surface area contributed by atoms with E-state index in [9.17, 15) is 4.79 Å². The largest absolute Gasteiger partial charge is 0.444 e. The molecular weight excluding hydrogens is 352 g/mol. The topological polar surface area (TPSA) is 57.7 Å². The van der Waals surface area contributed by atoms with Gasteiger partial charge >= 0.3 is 6.09 Å². The Balaban J connectivity index is 1.65. The van der Waals surface area contributed by atoms with Gasteiger partial charge in [-0.3, -0.25) is 0 Å². The normalized spacial score (nSPS) is 14.8. The maximum absolute atomic E-state index is 12.3. The molecule has 28 heavy (non-hydrogen) atoms. The van der Waals surface area contributed by atoms with Gasteiger partial charge in [0.15, 0.2) is 0 Å². The summed E-state index contributed by atoms with van der Waals surface area (Å²) in [6.45, 7) is 12.5. The van der Waals surface area contributed by atoms with Crippen molar-refractivity contribution < 1.29 is 9.53 Å². The molecule has 0 radical (unpaired) electrons. The van der Waals surface area contributed by atoms with Crippen LogP contribution in [-0.4, -0.2) is 47.8 Å². The monoisotopic (exact) mass is 382 g/mol. The van der Waals surface area contributed by atoms with E-state index < -0.39 is 5.60 Å². The van der Waals surface area contributed by atoms with Gasteiger partial charge in [0, 0.05) is 31.9 Å². The number of piperazine rings is 1. The second-order valence-electron chi connectivity index (χ2n) is 8.33. The number of hydrogen-bond donors (Lipinski definition) is 1. The minimum absolute atomic E-state index is 0.244. The van der Waals surface area contributed by atoms with Crippen LogP contribution in [0.5, 0.6) is 0 Å². The number of benzene rings is 1. The molecule has 2 heterocycles. The van der Waals surface area contributed by atoms with Gasteiger partial charge in [-0.2, -0.15) is 0 Å². The Labute approximate surface area is 167 Å². The molecule has 1 fully saturated rings. The van der Waals surface area contributed by atoms with Crippen LogP contribution in [0.15, 0.2) is 36.4 Å². The van der Waals surface area contributed by atoms with Gasteiger partial charge in [-0.1, -0.05) is 17.7 Å². The van der Waals surface area contributed by atoms with Crippen LogP contribution >= 0.6 is 0 Å². The van der Waals surface area contributed by atoms with E-state index in [1.807, 2.05) is 26.8 Å². The number of aromatic nitrogens is 1. The predicted molar refractivity (Wildman–Crippen MR) is 113 cm³/mol. The van der Waals surface area contributed by atoms with Crippen molar-refractivity contribution in [2.24, 2.45) is 0 Å². The molecule has 1 aliphatic rings. The quantitative estimate of drug-likeness (QED) is 0.847. The number of nitrogens with zero attached hydrogens (tertiary/aromatic N) is 3. The Morgan fingerprint density at radius 3 is 2.25 bits per heavy atom. The molecule has 1 aliphatic heterocycles. The molecule has 6 nitrogen and oxygen atoms in total. The Bertz CT molecular complexity index is 819. The van der Waals surface area contributed by atoms with Crippen LogP contribution in [-0.2, 0) is 4.74 Å². The molecule has 0 saturated carbocycles. The molecule has 6 heteroatoms. The standard InChI is InChI=1S/C22H30N4O2/c1-16-6-8-18(9-7-16)23-19-14-17(2)15-20(24-19)25-10-12-26(13-11-25)21(27)28-22(3,4)5/h6-9,14-15H,10-13H2,1-5H3,(H,23,24). The number of rotatable bonds is 3. The number of anilines is 3. The van der Waals surface area contributed by atoms with E-state index >= 15 is 0 Å². The van der Waals surface area contributed by atoms with E-state index in [1.54, 1.807) is 4.90 Å². The van der Waals surface area contributed by atoms with Crippen molar-refractivity contribution >= 4 is 23.4 Å². The van der Waals surface area contributed by atoms with Gasteiger partial charge in [-0.15, -0.1) is 0 Å². The van der Waals surface area contributed by atoms with Gasteiger partial charge in [-0.25, -0.2) is 9.78 Å². The summed E-state index contributed by atoms with van der Waals surface area (Å²) < 4.78 is 5.47. The summed E-state index contributed by atoms with van der Waals surface area (Å²) >= 11 is 0. The van der Waals surface area contributed by atoms with Gasteiger partial charge < -0.3 is 19.9 Å². The predicted octanol–water partition coefficient (Wildman–Crippen LogP) is 4.50. The molecule has 150 valence electrons. The molecule has 1 aromatic heterocycles. The fourth-order valence-electron chi connectivity index (χ4n) is 3.10. The average molecular weight is 383 g/mol. The van der Waals surface area contributed by atoms with Crippen molar-refractivity contribution in [2.75, 3.05) is 36.4 Å². The number of hydrogen-bond acceptors (Lipinski definition) is 5. The first-order chi connectivity index (χ1) is 13.2. The van der Waals surface area contributed by atoms with Crippen molar-refractivity contribution in [3.05, 3.63) is 47.5 Å². The van der Waals surface area contributed by atoms with Crippen LogP contribution in [0.1, 0.15) is 31.9 Å². The summed E-state index contributed by atoms with van der Waals surface area (Å²) in [6.07, 6.45) is -0.244. The highest BCUT2D eigenvalue weighted by Crippen LogP contribution is 2.23. The molecule has 3 rings (SSSR count). The number of pyridine rings is 1. The van der Waals surface area contributed by atoms with E-state index in [0.717, 1.165) is 36.0 Å². The maximum Gasteiger partial charge on any atom is 0.410 e. The van der Waals surface area contributed by atoms with Gasteiger partial charge in [0.05, 0.1) is 0 Å². The zero-order chi connectivity index (χ0) is 20.3. The second kappa shape index (κ2) is 8.09. The smallest absolute Gasteiger partial charge is 0.410 e. The molecule has 1 N–H and O–H groups in total. The molecule has 1 amide bonds. The van der Waals surface area contributed by atoms with E-state index in [1.165, 1.54) is 5.56 Å². The molecule has 1 aromatic carbocycles. The summed E-state index contributed by atoms with van der Waals surface area (Å²) in [7, 11) is 0. The molecule has 0 spiro atoms. The van der Waals surface area contributed by atoms with Crippen LogP contribution in [0.25, 0.3) is 0 Å². The van der Waals surface area contributed by atoms with Crippen LogP contribution in [0.2, 0.25) is 0 Å². The Morgan fingerprint density at radius 2 is 1.64 bits per heavy atom. The lowest BCUT2D eigenvalue weighted by atomic mass is 10.2. The average Bonchev–Trinajstić information content (AvgIpc) is 2.62. The fraction of sp³-hybridized carbons (Fsp3) is 0.455. The highest BCUT2D eigenvalue weighted by Gasteiger charge is 2.26. The van der Waals surface area contributed by atoms with E-state index in [0.29, 0.717) is 13.1 Å².